The molecule has 1 N–H and O–H groups in total. The van der Waals surface area contributed by atoms with E-state index in [1.165, 1.54) is 51.9 Å². The Bertz CT molecular complexity index is 230. The maximum absolute atomic E-state index is 3.72. The van der Waals surface area contributed by atoms with E-state index in [4.69, 9.17) is 0 Å². The average Bonchev–Trinajstić information content (AvgIpc) is 2.38. The summed E-state index contributed by atoms with van der Waals surface area (Å²) < 4.78 is 0. The highest BCUT2D eigenvalue weighted by molar-refractivity contribution is 4.88. The van der Waals surface area contributed by atoms with Crippen LogP contribution in [0.25, 0.3) is 0 Å². The van der Waals surface area contributed by atoms with Gasteiger partial charge in [0.25, 0.3) is 0 Å². The second-order valence-corrected chi connectivity index (χ2v) is 6.50. The molecule has 0 radical (unpaired) electrons. The van der Waals surface area contributed by atoms with Crippen LogP contribution in [-0.4, -0.2) is 62.2 Å². The fraction of sp³-hybridized carbons (Fsp3) is 1.00. The average molecular weight is 269 g/mol. The second kappa shape index (κ2) is 8.93. The molecule has 0 aromatic rings. The monoisotopic (exact) mass is 269 g/mol. The third kappa shape index (κ3) is 5.80. The molecule has 114 valence electrons. The molecule has 3 nitrogen and oxygen atoms in total. The molecule has 3 unspecified atom stereocenters. The first-order valence-electron chi connectivity index (χ1n) is 8.18. The van der Waals surface area contributed by atoms with Gasteiger partial charge in [-0.15, -0.1) is 0 Å². The summed E-state index contributed by atoms with van der Waals surface area (Å²) in [6.07, 6.45) is 5.22. The van der Waals surface area contributed by atoms with E-state index in [1.807, 2.05) is 0 Å². The number of piperidine rings is 1. The number of hydrogen-bond acceptors (Lipinski definition) is 3. The Morgan fingerprint density at radius 3 is 2.58 bits per heavy atom. The van der Waals surface area contributed by atoms with Crippen LogP contribution < -0.4 is 5.32 Å². The van der Waals surface area contributed by atoms with E-state index >= 15 is 0 Å². The van der Waals surface area contributed by atoms with E-state index in [0.717, 1.165) is 18.0 Å². The minimum Gasteiger partial charge on any atom is -0.314 e. The SMILES string of the molecule is CCCNC1CCN(CCCCN(C)C)C(C)C1C. The Hall–Kier alpha value is -0.120. The Kier molecular flexibility index (Phi) is 7.96. The lowest BCUT2D eigenvalue weighted by molar-refractivity contribution is 0.0829. The van der Waals surface area contributed by atoms with Crippen molar-refractivity contribution < 1.29 is 0 Å². The molecule has 1 rings (SSSR count). The predicted molar refractivity (Wildman–Crippen MR) is 84.7 cm³/mol. The molecule has 19 heavy (non-hydrogen) atoms. The smallest absolute Gasteiger partial charge is 0.0120 e. The number of unbranched alkanes of at least 4 members (excludes halogenated alkanes) is 1. The van der Waals surface area contributed by atoms with Crippen molar-refractivity contribution in [3.05, 3.63) is 0 Å². The lowest BCUT2D eigenvalue weighted by atomic mass is 9.86. The first kappa shape index (κ1) is 16.9. The Labute approximate surface area is 120 Å². The number of nitrogens with one attached hydrogen (secondary N) is 1. The minimum absolute atomic E-state index is 0.725. The largest absolute Gasteiger partial charge is 0.314 e. The summed E-state index contributed by atoms with van der Waals surface area (Å²) in [4.78, 5) is 4.98. The van der Waals surface area contributed by atoms with Gasteiger partial charge in [-0.3, -0.25) is 0 Å². The van der Waals surface area contributed by atoms with Gasteiger partial charge in [0.2, 0.25) is 0 Å². The first-order chi connectivity index (χ1) is 9.06. The van der Waals surface area contributed by atoms with Gasteiger partial charge in [0, 0.05) is 12.1 Å². The van der Waals surface area contributed by atoms with E-state index in [-0.39, 0.29) is 0 Å². The van der Waals surface area contributed by atoms with Crippen LogP contribution in [0.15, 0.2) is 0 Å². The fourth-order valence-corrected chi connectivity index (χ4v) is 3.12. The third-order valence-corrected chi connectivity index (χ3v) is 4.66. The van der Waals surface area contributed by atoms with Gasteiger partial charge in [-0.05, 0) is 78.8 Å². The molecule has 1 aliphatic heterocycles. The van der Waals surface area contributed by atoms with E-state index in [9.17, 15) is 0 Å². The number of rotatable bonds is 8. The summed E-state index contributed by atoms with van der Waals surface area (Å²) in [5.74, 6) is 0.772. The molecule has 3 heteroatoms. The van der Waals surface area contributed by atoms with Crippen molar-refractivity contribution in [1.82, 2.24) is 15.1 Å². The van der Waals surface area contributed by atoms with Crippen LogP contribution >= 0.6 is 0 Å². The first-order valence-corrected chi connectivity index (χ1v) is 8.18. The molecule has 3 atom stereocenters. The molecule has 0 aromatic carbocycles. The lowest BCUT2D eigenvalue weighted by Gasteiger charge is -2.43. The van der Waals surface area contributed by atoms with E-state index in [0.29, 0.717) is 0 Å². The van der Waals surface area contributed by atoms with E-state index < -0.39 is 0 Å². The van der Waals surface area contributed by atoms with Gasteiger partial charge in [0.05, 0.1) is 0 Å². The van der Waals surface area contributed by atoms with Gasteiger partial charge in [-0.2, -0.15) is 0 Å². The van der Waals surface area contributed by atoms with Crippen LogP contribution in [0, 0.1) is 5.92 Å². The van der Waals surface area contributed by atoms with Crippen LogP contribution in [-0.2, 0) is 0 Å². The van der Waals surface area contributed by atoms with Gasteiger partial charge in [-0.25, -0.2) is 0 Å². The summed E-state index contributed by atoms with van der Waals surface area (Å²) >= 11 is 0. The van der Waals surface area contributed by atoms with Gasteiger partial charge in [0.15, 0.2) is 0 Å². The van der Waals surface area contributed by atoms with E-state index in [2.05, 4.69) is 50.0 Å². The molecule has 1 heterocycles. The molecule has 0 amide bonds. The van der Waals surface area contributed by atoms with Gasteiger partial charge < -0.3 is 15.1 Å². The zero-order chi connectivity index (χ0) is 14.3. The third-order valence-electron chi connectivity index (χ3n) is 4.66. The summed E-state index contributed by atoms with van der Waals surface area (Å²) in [6, 6.07) is 1.45. The molecule has 0 aromatic heterocycles. The number of likely N-dealkylation sites (tertiary alicyclic amines) is 1. The van der Waals surface area contributed by atoms with Crippen molar-refractivity contribution in [3.63, 3.8) is 0 Å². The fourth-order valence-electron chi connectivity index (χ4n) is 3.12. The maximum Gasteiger partial charge on any atom is 0.0120 e. The highest BCUT2D eigenvalue weighted by atomic mass is 15.2. The van der Waals surface area contributed by atoms with Crippen molar-refractivity contribution >= 4 is 0 Å². The van der Waals surface area contributed by atoms with Crippen molar-refractivity contribution in [2.75, 3.05) is 40.3 Å². The van der Waals surface area contributed by atoms with Crippen LogP contribution in [0.1, 0.15) is 46.5 Å². The molecule has 0 bridgehead atoms. The Morgan fingerprint density at radius 2 is 1.95 bits per heavy atom. The van der Waals surface area contributed by atoms with Crippen molar-refractivity contribution in [2.45, 2.75) is 58.5 Å². The zero-order valence-electron chi connectivity index (χ0n) is 13.8. The van der Waals surface area contributed by atoms with Gasteiger partial charge >= 0.3 is 0 Å². The molecule has 0 aliphatic carbocycles. The molecule has 0 saturated carbocycles. The Balaban J connectivity index is 2.27. The molecule has 1 fully saturated rings. The van der Waals surface area contributed by atoms with Crippen molar-refractivity contribution in [3.8, 4) is 0 Å². The highest BCUT2D eigenvalue weighted by Crippen LogP contribution is 2.23. The summed E-state index contributed by atoms with van der Waals surface area (Å²) in [5, 5.41) is 3.72. The lowest BCUT2D eigenvalue weighted by Crippen LogP contribution is -2.53. The standard InChI is InChI=1S/C16H35N3/c1-6-10-17-16-9-13-19(15(3)14(16)2)12-8-7-11-18(4)5/h14-17H,6-13H2,1-5H3. The van der Waals surface area contributed by atoms with Gasteiger partial charge in [-0.1, -0.05) is 13.8 Å². The summed E-state index contributed by atoms with van der Waals surface area (Å²) in [6.45, 7) is 12.0. The predicted octanol–water partition coefficient (Wildman–Crippen LogP) is 2.43. The molecular weight excluding hydrogens is 234 g/mol. The highest BCUT2D eigenvalue weighted by Gasteiger charge is 2.31. The quantitative estimate of drug-likeness (QED) is 0.683. The molecule has 1 saturated heterocycles. The maximum atomic E-state index is 3.72. The van der Waals surface area contributed by atoms with Crippen LogP contribution in [0.5, 0.6) is 0 Å². The van der Waals surface area contributed by atoms with Crippen LogP contribution in [0.2, 0.25) is 0 Å². The Morgan fingerprint density at radius 1 is 1.21 bits per heavy atom. The topological polar surface area (TPSA) is 18.5 Å². The van der Waals surface area contributed by atoms with Crippen LogP contribution in [0.3, 0.4) is 0 Å². The zero-order valence-corrected chi connectivity index (χ0v) is 13.8. The molecule has 1 aliphatic rings. The number of hydrogen-bond donors (Lipinski definition) is 1. The van der Waals surface area contributed by atoms with Gasteiger partial charge in [0.1, 0.15) is 0 Å². The van der Waals surface area contributed by atoms with Crippen molar-refractivity contribution in [1.29, 1.82) is 0 Å². The minimum atomic E-state index is 0.725. The summed E-state index contributed by atoms with van der Waals surface area (Å²) in [7, 11) is 4.32. The van der Waals surface area contributed by atoms with Crippen molar-refractivity contribution in [2.24, 2.45) is 5.92 Å². The van der Waals surface area contributed by atoms with Crippen LogP contribution in [0.4, 0.5) is 0 Å². The molecule has 0 spiro atoms. The number of nitrogens with zero attached hydrogens (tertiary/aromatic N) is 2. The normalized spacial score (nSPS) is 29.1. The molecular formula is C16H35N3. The summed E-state index contributed by atoms with van der Waals surface area (Å²) in [5.41, 5.74) is 0. The second-order valence-electron chi connectivity index (χ2n) is 6.50. The van der Waals surface area contributed by atoms with E-state index in [1.54, 1.807) is 0 Å².